The van der Waals surface area contributed by atoms with Crippen molar-refractivity contribution >= 4 is 6.09 Å². The largest absolute Gasteiger partial charge is 0.444 e. The lowest BCUT2D eigenvalue weighted by molar-refractivity contribution is 0.0490. The summed E-state index contributed by atoms with van der Waals surface area (Å²) in [5.41, 5.74) is -0.412. The summed E-state index contributed by atoms with van der Waals surface area (Å²) in [5.74, 6) is 0. The van der Waals surface area contributed by atoms with E-state index in [0.717, 1.165) is 32.2 Å². The van der Waals surface area contributed by atoms with E-state index >= 15 is 0 Å². The Morgan fingerprint density at radius 1 is 1.18 bits per heavy atom. The zero-order chi connectivity index (χ0) is 12.9. The fourth-order valence-corrected chi connectivity index (χ4v) is 2.20. The van der Waals surface area contributed by atoms with Gasteiger partial charge in [-0.1, -0.05) is 6.92 Å². The number of alkyl carbamates (subject to hydrolysis) is 1. The van der Waals surface area contributed by atoms with Gasteiger partial charge in [0.25, 0.3) is 0 Å². The topological polar surface area (TPSA) is 50.4 Å². The maximum atomic E-state index is 11.6. The average molecular weight is 242 g/mol. The molecule has 0 atom stereocenters. The summed E-state index contributed by atoms with van der Waals surface area (Å²) >= 11 is 0. The SMILES string of the molecule is CCNC1CCC(NC(=O)OC(C)(C)C)CC1. The molecule has 0 unspecified atom stereocenters. The molecule has 1 fully saturated rings. The van der Waals surface area contributed by atoms with Crippen molar-refractivity contribution in [1.29, 1.82) is 0 Å². The van der Waals surface area contributed by atoms with Gasteiger partial charge in [-0.2, -0.15) is 0 Å². The van der Waals surface area contributed by atoms with Gasteiger partial charge in [-0.05, 0) is 53.0 Å². The number of amides is 1. The summed E-state index contributed by atoms with van der Waals surface area (Å²) in [7, 11) is 0. The molecule has 0 heterocycles. The quantitative estimate of drug-likeness (QED) is 0.799. The molecule has 0 aliphatic heterocycles. The average Bonchev–Trinajstić information content (AvgIpc) is 2.18. The number of hydrogen-bond donors (Lipinski definition) is 2. The lowest BCUT2D eigenvalue weighted by Gasteiger charge is -2.30. The monoisotopic (exact) mass is 242 g/mol. The van der Waals surface area contributed by atoms with E-state index in [-0.39, 0.29) is 12.1 Å². The molecule has 1 amide bonds. The molecular weight excluding hydrogens is 216 g/mol. The van der Waals surface area contributed by atoms with Gasteiger partial charge in [-0.3, -0.25) is 0 Å². The number of carbonyl (C=O) groups excluding carboxylic acids is 1. The summed E-state index contributed by atoms with van der Waals surface area (Å²) < 4.78 is 5.25. The Bertz CT molecular complexity index is 240. The third kappa shape index (κ3) is 5.91. The molecule has 100 valence electrons. The van der Waals surface area contributed by atoms with Crippen molar-refractivity contribution in [2.45, 2.75) is 71.1 Å². The van der Waals surface area contributed by atoms with Crippen molar-refractivity contribution < 1.29 is 9.53 Å². The first kappa shape index (κ1) is 14.3. The summed E-state index contributed by atoms with van der Waals surface area (Å²) in [6.45, 7) is 8.80. The van der Waals surface area contributed by atoms with Crippen LogP contribution in [-0.2, 0) is 4.74 Å². The zero-order valence-corrected chi connectivity index (χ0v) is 11.5. The van der Waals surface area contributed by atoms with Crippen molar-refractivity contribution in [1.82, 2.24) is 10.6 Å². The predicted octanol–water partition coefficient (Wildman–Crippen LogP) is 2.43. The van der Waals surface area contributed by atoms with Crippen molar-refractivity contribution in [2.75, 3.05) is 6.54 Å². The summed E-state index contributed by atoms with van der Waals surface area (Å²) in [6, 6.07) is 0.899. The molecule has 0 spiro atoms. The molecule has 0 aromatic rings. The van der Waals surface area contributed by atoms with Crippen LogP contribution in [0.4, 0.5) is 4.79 Å². The second kappa shape index (κ2) is 6.24. The zero-order valence-electron chi connectivity index (χ0n) is 11.5. The van der Waals surface area contributed by atoms with Crippen molar-refractivity contribution in [3.05, 3.63) is 0 Å². The highest BCUT2D eigenvalue weighted by molar-refractivity contribution is 5.68. The number of carbonyl (C=O) groups is 1. The molecule has 4 nitrogen and oxygen atoms in total. The lowest BCUT2D eigenvalue weighted by atomic mass is 9.91. The van der Waals surface area contributed by atoms with Crippen LogP contribution in [-0.4, -0.2) is 30.3 Å². The van der Waals surface area contributed by atoms with Gasteiger partial charge in [0.15, 0.2) is 0 Å². The standard InChI is InChI=1S/C13H26N2O2/c1-5-14-10-6-8-11(9-7-10)15-12(16)17-13(2,3)4/h10-11,14H,5-9H2,1-4H3,(H,15,16). The van der Waals surface area contributed by atoms with Gasteiger partial charge in [0.05, 0.1) is 0 Å². The number of nitrogens with one attached hydrogen (secondary N) is 2. The molecule has 1 saturated carbocycles. The fourth-order valence-electron chi connectivity index (χ4n) is 2.20. The third-order valence-electron chi connectivity index (χ3n) is 2.94. The molecule has 0 bridgehead atoms. The molecule has 1 aliphatic rings. The summed E-state index contributed by atoms with van der Waals surface area (Å²) in [5, 5.41) is 6.40. The first-order valence-electron chi connectivity index (χ1n) is 6.63. The molecule has 0 aromatic carbocycles. The second-order valence-corrected chi connectivity index (χ2v) is 5.75. The molecule has 1 aliphatic carbocycles. The highest BCUT2D eigenvalue weighted by Gasteiger charge is 2.24. The Morgan fingerprint density at radius 3 is 2.18 bits per heavy atom. The number of rotatable bonds is 3. The van der Waals surface area contributed by atoms with Crippen LogP contribution in [0.5, 0.6) is 0 Å². The molecule has 4 heteroatoms. The first-order chi connectivity index (χ1) is 7.90. The summed E-state index contributed by atoms with van der Waals surface area (Å²) in [4.78, 5) is 11.6. The molecule has 0 aromatic heterocycles. The van der Waals surface area contributed by atoms with Crippen molar-refractivity contribution in [3.8, 4) is 0 Å². The Balaban J connectivity index is 2.24. The van der Waals surface area contributed by atoms with Crippen LogP contribution >= 0.6 is 0 Å². The number of ether oxygens (including phenoxy) is 1. The van der Waals surface area contributed by atoms with Gasteiger partial charge in [-0.15, -0.1) is 0 Å². The molecule has 17 heavy (non-hydrogen) atoms. The van der Waals surface area contributed by atoms with Crippen LogP contribution in [0, 0.1) is 0 Å². The molecular formula is C13H26N2O2. The molecule has 0 radical (unpaired) electrons. The van der Waals surface area contributed by atoms with Gasteiger partial charge in [0.2, 0.25) is 0 Å². The van der Waals surface area contributed by atoms with Crippen LogP contribution in [0.3, 0.4) is 0 Å². The van der Waals surface area contributed by atoms with Crippen LogP contribution in [0.2, 0.25) is 0 Å². The smallest absolute Gasteiger partial charge is 0.407 e. The minimum Gasteiger partial charge on any atom is -0.444 e. The van der Waals surface area contributed by atoms with Crippen LogP contribution < -0.4 is 10.6 Å². The Hall–Kier alpha value is -0.770. The number of hydrogen-bond acceptors (Lipinski definition) is 3. The minimum absolute atomic E-state index is 0.278. The van der Waals surface area contributed by atoms with E-state index in [9.17, 15) is 4.79 Å². The van der Waals surface area contributed by atoms with Gasteiger partial charge < -0.3 is 15.4 Å². The predicted molar refractivity (Wildman–Crippen MR) is 69.1 cm³/mol. The highest BCUT2D eigenvalue weighted by Crippen LogP contribution is 2.19. The van der Waals surface area contributed by atoms with E-state index < -0.39 is 5.60 Å². The highest BCUT2D eigenvalue weighted by atomic mass is 16.6. The Kier molecular flexibility index (Phi) is 5.25. The van der Waals surface area contributed by atoms with Gasteiger partial charge in [0, 0.05) is 12.1 Å². The third-order valence-corrected chi connectivity index (χ3v) is 2.94. The Labute approximate surface area is 104 Å². The van der Waals surface area contributed by atoms with E-state index in [2.05, 4.69) is 17.6 Å². The van der Waals surface area contributed by atoms with Crippen LogP contribution in [0.1, 0.15) is 53.4 Å². The van der Waals surface area contributed by atoms with E-state index in [0.29, 0.717) is 6.04 Å². The van der Waals surface area contributed by atoms with E-state index in [4.69, 9.17) is 4.74 Å². The van der Waals surface area contributed by atoms with Crippen molar-refractivity contribution in [3.63, 3.8) is 0 Å². The van der Waals surface area contributed by atoms with Gasteiger partial charge in [-0.25, -0.2) is 4.79 Å². The lowest BCUT2D eigenvalue weighted by Crippen LogP contribution is -2.43. The molecule has 0 saturated heterocycles. The molecule has 2 N–H and O–H groups in total. The maximum absolute atomic E-state index is 11.6. The first-order valence-corrected chi connectivity index (χ1v) is 6.63. The van der Waals surface area contributed by atoms with Gasteiger partial charge in [0.1, 0.15) is 5.60 Å². The fraction of sp³-hybridized carbons (Fsp3) is 0.923. The second-order valence-electron chi connectivity index (χ2n) is 5.75. The minimum atomic E-state index is -0.412. The maximum Gasteiger partial charge on any atom is 0.407 e. The van der Waals surface area contributed by atoms with E-state index in [1.165, 1.54) is 0 Å². The van der Waals surface area contributed by atoms with Crippen molar-refractivity contribution in [2.24, 2.45) is 0 Å². The van der Waals surface area contributed by atoms with Gasteiger partial charge >= 0.3 is 6.09 Å². The van der Waals surface area contributed by atoms with Crippen LogP contribution in [0.15, 0.2) is 0 Å². The van der Waals surface area contributed by atoms with E-state index in [1.807, 2.05) is 20.8 Å². The Morgan fingerprint density at radius 2 is 1.71 bits per heavy atom. The normalized spacial score (nSPS) is 25.4. The summed E-state index contributed by atoms with van der Waals surface area (Å²) in [6.07, 6.45) is 4.06. The molecule has 1 rings (SSSR count). The van der Waals surface area contributed by atoms with Crippen LogP contribution in [0.25, 0.3) is 0 Å². The van der Waals surface area contributed by atoms with E-state index in [1.54, 1.807) is 0 Å².